The summed E-state index contributed by atoms with van der Waals surface area (Å²) in [6, 6.07) is 6.56. The Morgan fingerprint density at radius 3 is 2.30 bits per heavy atom. The standard InChI is InChI=1S/C15H13ClO4/c1-15(14(19)20)8-2-3-11(13(17)18)12(15)9-4-6-10(16)7-5-9/h2-8,12H,1H3,(H,17,18)(H,19,20). The SMILES string of the molecule is CC1(C(=O)O)C=CC=C(C(=O)O)C1c1ccc(Cl)cc1. The minimum absolute atomic E-state index is 0.0553. The Kier molecular flexibility index (Phi) is 3.68. The highest BCUT2D eigenvalue weighted by molar-refractivity contribution is 6.30. The van der Waals surface area contributed by atoms with Crippen LogP contribution in [0.25, 0.3) is 0 Å². The van der Waals surface area contributed by atoms with Crippen LogP contribution in [-0.4, -0.2) is 22.2 Å². The first-order valence-corrected chi connectivity index (χ1v) is 6.35. The Bertz CT molecular complexity index is 615. The third-order valence-corrected chi connectivity index (χ3v) is 3.79. The summed E-state index contributed by atoms with van der Waals surface area (Å²) in [6.45, 7) is 1.51. The molecule has 0 fully saturated rings. The Labute approximate surface area is 121 Å². The number of benzene rings is 1. The molecule has 0 spiro atoms. The molecule has 2 atom stereocenters. The first-order chi connectivity index (χ1) is 9.36. The molecule has 0 saturated heterocycles. The van der Waals surface area contributed by atoms with E-state index in [9.17, 15) is 19.8 Å². The topological polar surface area (TPSA) is 74.6 Å². The van der Waals surface area contributed by atoms with Crippen LogP contribution in [0.2, 0.25) is 5.02 Å². The van der Waals surface area contributed by atoms with Gasteiger partial charge < -0.3 is 10.2 Å². The lowest BCUT2D eigenvalue weighted by Crippen LogP contribution is -2.36. The Balaban J connectivity index is 2.60. The lowest BCUT2D eigenvalue weighted by molar-refractivity contribution is -0.146. The van der Waals surface area contributed by atoms with Crippen LogP contribution in [0.3, 0.4) is 0 Å². The van der Waals surface area contributed by atoms with Crippen molar-refractivity contribution in [1.29, 1.82) is 0 Å². The van der Waals surface area contributed by atoms with Gasteiger partial charge in [-0.3, -0.25) is 4.79 Å². The Hall–Kier alpha value is -2.07. The number of hydrogen-bond acceptors (Lipinski definition) is 2. The molecule has 1 aliphatic carbocycles. The zero-order valence-electron chi connectivity index (χ0n) is 10.7. The van der Waals surface area contributed by atoms with Crippen molar-refractivity contribution < 1.29 is 19.8 Å². The fourth-order valence-electron chi connectivity index (χ4n) is 2.44. The normalized spacial score (nSPS) is 25.1. The second-order valence-electron chi connectivity index (χ2n) is 4.86. The monoisotopic (exact) mass is 292 g/mol. The summed E-state index contributed by atoms with van der Waals surface area (Å²) in [5.74, 6) is -2.96. The largest absolute Gasteiger partial charge is 0.481 e. The third kappa shape index (κ3) is 2.34. The van der Waals surface area contributed by atoms with Gasteiger partial charge in [0.2, 0.25) is 0 Å². The van der Waals surface area contributed by atoms with Gasteiger partial charge in [-0.2, -0.15) is 0 Å². The maximum absolute atomic E-state index is 11.6. The second-order valence-corrected chi connectivity index (χ2v) is 5.30. The van der Waals surface area contributed by atoms with E-state index in [4.69, 9.17) is 11.6 Å². The summed E-state index contributed by atoms with van der Waals surface area (Å²) in [4.78, 5) is 23.0. The molecule has 2 unspecified atom stereocenters. The highest BCUT2D eigenvalue weighted by Gasteiger charge is 2.45. The highest BCUT2D eigenvalue weighted by Crippen LogP contribution is 2.45. The van der Waals surface area contributed by atoms with Crippen molar-refractivity contribution in [2.75, 3.05) is 0 Å². The van der Waals surface area contributed by atoms with Gasteiger partial charge in [-0.15, -0.1) is 0 Å². The summed E-state index contributed by atoms with van der Waals surface area (Å²) >= 11 is 5.82. The van der Waals surface area contributed by atoms with Gasteiger partial charge in [-0.05, 0) is 24.6 Å². The fourth-order valence-corrected chi connectivity index (χ4v) is 2.56. The molecule has 2 rings (SSSR count). The van der Waals surface area contributed by atoms with Gasteiger partial charge in [0, 0.05) is 16.5 Å². The number of allylic oxidation sites excluding steroid dienone is 2. The van der Waals surface area contributed by atoms with E-state index in [0.717, 1.165) is 0 Å². The predicted octanol–water partition coefficient (Wildman–Crippen LogP) is 3.10. The van der Waals surface area contributed by atoms with Gasteiger partial charge in [0.15, 0.2) is 0 Å². The molecule has 0 heterocycles. The molecule has 2 N–H and O–H groups in total. The van der Waals surface area contributed by atoms with Crippen molar-refractivity contribution in [3.8, 4) is 0 Å². The van der Waals surface area contributed by atoms with Gasteiger partial charge >= 0.3 is 11.9 Å². The molecule has 4 nitrogen and oxygen atoms in total. The quantitative estimate of drug-likeness (QED) is 0.897. The van der Waals surface area contributed by atoms with Gasteiger partial charge in [0.1, 0.15) is 0 Å². The zero-order valence-corrected chi connectivity index (χ0v) is 11.5. The van der Waals surface area contributed by atoms with Crippen molar-refractivity contribution in [1.82, 2.24) is 0 Å². The van der Waals surface area contributed by atoms with Crippen LogP contribution < -0.4 is 0 Å². The van der Waals surface area contributed by atoms with E-state index in [0.29, 0.717) is 10.6 Å². The van der Waals surface area contributed by atoms with Crippen LogP contribution in [0, 0.1) is 5.41 Å². The molecule has 0 amide bonds. The maximum atomic E-state index is 11.6. The summed E-state index contributed by atoms with van der Waals surface area (Å²) in [7, 11) is 0. The molecule has 1 aromatic carbocycles. The Morgan fingerprint density at radius 2 is 1.80 bits per heavy atom. The van der Waals surface area contributed by atoms with Crippen LogP contribution >= 0.6 is 11.6 Å². The molecule has 1 aromatic rings. The molecule has 0 bridgehead atoms. The summed E-state index contributed by atoms with van der Waals surface area (Å²) in [6.07, 6.45) is 4.43. The summed E-state index contributed by atoms with van der Waals surface area (Å²) in [5.41, 5.74) is -0.645. The van der Waals surface area contributed by atoms with E-state index in [2.05, 4.69) is 0 Å². The highest BCUT2D eigenvalue weighted by atomic mass is 35.5. The fraction of sp³-hybridized carbons (Fsp3) is 0.200. The average Bonchev–Trinajstić information content (AvgIpc) is 2.39. The summed E-state index contributed by atoms with van der Waals surface area (Å²) in [5, 5.41) is 19.3. The number of carboxylic acid groups (broad SMARTS) is 2. The van der Waals surface area contributed by atoms with E-state index < -0.39 is 23.3 Å². The van der Waals surface area contributed by atoms with Crippen molar-refractivity contribution in [3.05, 3.63) is 58.7 Å². The van der Waals surface area contributed by atoms with E-state index in [1.54, 1.807) is 24.3 Å². The van der Waals surface area contributed by atoms with Crippen LogP contribution in [0.1, 0.15) is 18.4 Å². The molecule has 0 aliphatic heterocycles. The lowest BCUT2D eigenvalue weighted by atomic mass is 9.67. The second kappa shape index (κ2) is 5.13. The van der Waals surface area contributed by atoms with Crippen LogP contribution in [-0.2, 0) is 9.59 Å². The molecule has 5 heteroatoms. The molecule has 0 saturated carbocycles. The van der Waals surface area contributed by atoms with E-state index >= 15 is 0 Å². The molecule has 104 valence electrons. The van der Waals surface area contributed by atoms with Gasteiger partial charge in [0.05, 0.1) is 5.41 Å². The maximum Gasteiger partial charge on any atom is 0.332 e. The molecular formula is C15H13ClO4. The number of rotatable bonds is 3. The number of halogens is 1. The van der Waals surface area contributed by atoms with E-state index in [-0.39, 0.29) is 5.57 Å². The minimum Gasteiger partial charge on any atom is -0.481 e. The number of hydrogen-bond donors (Lipinski definition) is 2. The molecule has 0 aromatic heterocycles. The number of carbonyl (C=O) groups is 2. The number of aliphatic carboxylic acids is 2. The minimum atomic E-state index is -1.31. The first kappa shape index (κ1) is 14.3. The number of carboxylic acids is 2. The molecule has 0 radical (unpaired) electrons. The van der Waals surface area contributed by atoms with Crippen LogP contribution in [0.4, 0.5) is 0 Å². The molecular weight excluding hydrogens is 280 g/mol. The van der Waals surface area contributed by atoms with Crippen LogP contribution in [0.15, 0.2) is 48.1 Å². The average molecular weight is 293 g/mol. The first-order valence-electron chi connectivity index (χ1n) is 5.98. The Morgan fingerprint density at radius 1 is 1.20 bits per heavy atom. The van der Waals surface area contributed by atoms with Crippen LogP contribution in [0.5, 0.6) is 0 Å². The van der Waals surface area contributed by atoms with Gasteiger partial charge in [-0.25, -0.2) is 4.79 Å². The van der Waals surface area contributed by atoms with Gasteiger partial charge in [-0.1, -0.05) is 42.0 Å². The molecule has 1 aliphatic rings. The van der Waals surface area contributed by atoms with Crippen molar-refractivity contribution in [3.63, 3.8) is 0 Å². The zero-order chi connectivity index (χ0) is 14.9. The van der Waals surface area contributed by atoms with E-state index in [1.165, 1.54) is 25.2 Å². The smallest absolute Gasteiger partial charge is 0.332 e. The summed E-state index contributed by atoms with van der Waals surface area (Å²) < 4.78 is 0. The lowest BCUT2D eigenvalue weighted by Gasteiger charge is -2.34. The van der Waals surface area contributed by atoms with E-state index in [1.807, 2.05) is 0 Å². The van der Waals surface area contributed by atoms with Crippen molar-refractivity contribution in [2.45, 2.75) is 12.8 Å². The molecule has 20 heavy (non-hydrogen) atoms. The third-order valence-electron chi connectivity index (χ3n) is 3.54. The van der Waals surface area contributed by atoms with Crippen molar-refractivity contribution >= 4 is 23.5 Å². The predicted molar refractivity (Wildman–Crippen MR) is 74.8 cm³/mol. The van der Waals surface area contributed by atoms with Gasteiger partial charge in [0.25, 0.3) is 0 Å². The van der Waals surface area contributed by atoms with Crippen molar-refractivity contribution in [2.24, 2.45) is 5.41 Å².